The highest BCUT2D eigenvalue weighted by atomic mass is 19.1. The van der Waals surface area contributed by atoms with Crippen molar-refractivity contribution in [1.29, 1.82) is 0 Å². The molecule has 0 atom stereocenters. The lowest BCUT2D eigenvalue weighted by Gasteiger charge is -2.09. The lowest BCUT2D eigenvalue weighted by atomic mass is 9.96. The van der Waals surface area contributed by atoms with E-state index in [1.165, 1.54) is 6.07 Å². The van der Waals surface area contributed by atoms with Crippen molar-refractivity contribution in [3.8, 4) is 11.5 Å². The number of aromatic nitrogens is 1. The standard InChI is InChI=1S/C13H13BFNO/c1-8-3-6-13(9(2)16-8)17-10-4-5-11(14)12(15)7-10/h3-7H,14H2,1-2H3. The van der Waals surface area contributed by atoms with Crippen molar-refractivity contribution in [3.63, 3.8) is 0 Å². The Morgan fingerprint density at radius 3 is 2.59 bits per heavy atom. The summed E-state index contributed by atoms with van der Waals surface area (Å²) in [5.74, 6) is 0.876. The molecular weight excluding hydrogens is 216 g/mol. The second kappa shape index (κ2) is 4.57. The van der Waals surface area contributed by atoms with Gasteiger partial charge in [-0.3, -0.25) is 4.98 Å². The number of halogens is 1. The Labute approximate surface area is 101 Å². The van der Waals surface area contributed by atoms with Gasteiger partial charge in [0.15, 0.2) is 0 Å². The number of hydrogen-bond acceptors (Lipinski definition) is 2. The van der Waals surface area contributed by atoms with E-state index in [1.54, 1.807) is 20.0 Å². The minimum absolute atomic E-state index is 0.264. The van der Waals surface area contributed by atoms with E-state index >= 15 is 0 Å². The molecule has 0 aliphatic rings. The molecule has 1 aromatic heterocycles. The molecule has 2 rings (SSSR count). The molecule has 0 saturated heterocycles. The fourth-order valence-electron chi connectivity index (χ4n) is 1.55. The molecule has 86 valence electrons. The summed E-state index contributed by atoms with van der Waals surface area (Å²) in [6.45, 7) is 3.79. The van der Waals surface area contributed by atoms with Crippen LogP contribution in [-0.2, 0) is 0 Å². The lowest BCUT2D eigenvalue weighted by Crippen LogP contribution is -2.07. The van der Waals surface area contributed by atoms with Gasteiger partial charge < -0.3 is 4.74 Å². The predicted molar refractivity (Wildman–Crippen MR) is 68.4 cm³/mol. The van der Waals surface area contributed by atoms with Gasteiger partial charge in [0.25, 0.3) is 0 Å². The van der Waals surface area contributed by atoms with Crippen LogP contribution in [-0.4, -0.2) is 12.8 Å². The maximum absolute atomic E-state index is 13.4. The third-order valence-corrected chi connectivity index (χ3v) is 2.55. The van der Waals surface area contributed by atoms with Crippen LogP contribution in [0.1, 0.15) is 11.4 Å². The number of pyridine rings is 1. The molecule has 0 amide bonds. The number of benzene rings is 1. The summed E-state index contributed by atoms with van der Waals surface area (Å²) in [6.07, 6.45) is 0. The first-order valence-electron chi connectivity index (χ1n) is 5.44. The largest absolute Gasteiger partial charge is 0.455 e. The van der Waals surface area contributed by atoms with Gasteiger partial charge in [0.2, 0.25) is 0 Å². The van der Waals surface area contributed by atoms with E-state index in [0.29, 0.717) is 17.0 Å². The highest BCUT2D eigenvalue weighted by molar-refractivity contribution is 6.32. The maximum Gasteiger partial charge on any atom is 0.148 e. The Bertz CT molecular complexity index is 557. The topological polar surface area (TPSA) is 22.1 Å². The highest BCUT2D eigenvalue weighted by Crippen LogP contribution is 2.23. The van der Waals surface area contributed by atoms with Crippen molar-refractivity contribution in [2.45, 2.75) is 13.8 Å². The molecule has 0 spiro atoms. The fraction of sp³-hybridized carbons (Fsp3) is 0.154. The normalized spacial score (nSPS) is 10.3. The smallest absolute Gasteiger partial charge is 0.148 e. The molecule has 4 heteroatoms. The van der Waals surface area contributed by atoms with Gasteiger partial charge in [0, 0.05) is 11.8 Å². The Morgan fingerprint density at radius 2 is 1.94 bits per heavy atom. The van der Waals surface area contributed by atoms with Gasteiger partial charge in [-0.05, 0) is 32.0 Å². The van der Waals surface area contributed by atoms with E-state index in [2.05, 4.69) is 4.98 Å². The van der Waals surface area contributed by atoms with E-state index in [-0.39, 0.29) is 5.82 Å². The predicted octanol–water partition coefficient (Wildman–Crippen LogP) is 1.89. The lowest BCUT2D eigenvalue weighted by molar-refractivity contribution is 0.470. The number of rotatable bonds is 2. The van der Waals surface area contributed by atoms with Crippen LogP contribution in [0.4, 0.5) is 4.39 Å². The molecule has 0 aliphatic carbocycles. The van der Waals surface area contributed by atoms with Crippen LogP contribution in [0.5, 0.6) is 11.5 Å². The molecule has 0 radical (unpaired) electrons. The quantitative estimate of drug-likeness (QED) is 0.733. The molecule has 0 bridgehead atoms. The second-order valence-electron chi connectivity index (χ2n) is 4.05. The average Bonchev–Trinajstić information content (AvgIpc) is 2.27. The van der Waals surface area contributed by atoms with Crippen LogP contribution < -0.4 is 10.2 Å². The third-order valence-electron chi connectivity index (χ3n) is 2.55. The van der Waals surface area contributed by atoms with E-state index in [9.17, 15) is 4.39 Å². The number of ether oxygens (including phenoxy) is 1. The van der Waals surface area contributed by atoms with Crippen molar-refractivity contribution in [2.75, 3.05) is 0 Å². The number of aryl methyl sites for hydroxylation is 2. The maximum atomic E-state index is 13.4. The molecule has 1 heterocycles. The van der Waals surface area contributed by atoms with Crippen LogP contribution in [0.2, 0.25) is 0 Å². The molecule has 0 aliphatic heterocycles. The van der Waals surface area contributed by atoms with Gasteiger partial charge in [0.05, 0.1) is 5.69 Å². The molecule has 1 aromatic carbocycles. The van der Waals surface area contributed by atoms with Gasteiger partial charge >= 0.3 is 0 Å². The fourth-order valence-corrected chi connectivity index (χ4v) is 1.55. The summed E-state index contributed by atoms with van der Waals surface area (Å²) in [5.41, 5.74) is 2.34. The minimum atomic E-state index is -0.264. The molecule has 17 heavy (non-hydrogen) atoms. The zero-order chi connectivity index (χ0) is 12.4. The Balaban J connectivity index is 2.28. The Kier molecular flexibility index (Phi) is 3.13. The molecule has 0 saturated carbocycles. The van der Waals surface area contributed by atoms with E-state index in [0.717, 1.165) is 11.4 Å². The summed E-state index contributed by atoms with van der Waals surface area (Å²) in [6, 6.07) is 8.54. The molecule has 2 aromatic rings. The first-order chi connectivity index (χ1) is 8.06. The molecular formula is C13H13BFNO. The molecule has 0 unspecified atom stereocenters. The Hall–Kier alpha value is -1.84. The molecule has 0 N–H and O–H groups in total. The van der Waals surface area contributed by atoms with Gasteiger partial charge in [-0.1, -0.05) is 11.5 Å². The molecule has 0 fully saturated rings. The summed E-state index contributed by atoms with van der Waals surface area (Å²) in [7, 11) is 1.72. The van der Waals surface area contributed by atoms with Crippen molar-refractivity contribution in [1.82, 2.24) is 4.98 Å². The van der Waals surface area contributed by atoms with Crippen molar-refractivity contribution in [2.24, 2.45) is 0 Å². The van der Waals surface area contributed by atoms with Gasteiger partial charge in [-0.2, -0.15) is 0 Å². The van der Waals surface area contributed by atoms with Crippen molar-refractivity contribution < 1.29 is 9.13 Å². The zero-order valence-electron chi connectivity index (χ0n) is 10.1. The summed E-state index contributed by atoms with van der Waals surface area (Å²) >= 11 is 0. The summed E-state index contributed by atoms with van der Waals surface area (Å²) in [4.78, 5) is 4.29. The summed E-state index contributed by atoms with van der Waals surface area (Å²) < 4.78 is 18.9. The number of nitrogens with zero attached hydrogens (tertiary/aromatic N) is 1. The molecule has 2 nitrogen and oxygen atoms in total. The second-order valence-corrected chi connectivity index (χ2v) is 4.05. The van der Waals surface area contributed by atoms with Crippen LogP contribution in [0, 0.1) is 19.7 Å². The van der Waals surface area contributed by atoms with E-state index in [4.69, 9.17) is 4.74 Å². The van der Waals surface area contributed by atoms with Gasteiger partial charge in [0.1, 0.15) is 25.2 Å². The highest BCUT2D eigenvalue weighted by Gasteiger charge is 2.05. The summed E-state index contributed by atoms with van der Waals surface area (Å²) in [5, 5.41) is 0. The number of hydrogen-bond donors (Lipinski definition) is 0. The van der Waals surface area contributed by atoms with Crippen LogP contribution >= 0.6 is 0 Å². The van der Waals surface area contributed by atoms with Gasteiger partial charge in [-0.15, -0.1) is 0 Å². The monoisotopic (exact) mass is 229 g/mol. The van der Waals surface area contributed by atoms with Crippen LogP contribution in [0.25, 0.3) is 0 Å². The Morgan fingerprint density at radius 1 is 1.18 bits per heavy atom. The minimum Gasteiger partial charge on any atom is -0.455 e. The first kappa shape index (κ1) is 11.6. The zero-order valence-corrected chi connectivity index (χ0v) is 10.1. The first-order valence-corrected chi connectivity index (χ1v) is 5.44. The van der Waals surface area contributed by atoms with Crippen LogP contribution in [0.15, 0.2) is 30.3 Å². The van der Waals surface area contributed by atoms with Crippen molar-refractivity contribution >= 4 is 13.3 Å². The van der Waals surface area contributed by atoms with Crippen molar-refractivity contribution in [3.05, 3.63) is 47.5 Å². The average molecular weight is 229 g/mol. The van der Waals surface area contributed by atoms with Gasteiger partial charge in [-0.25, -0.2) is 4.39 Å². The van der Waals surface area contributed by atoms with E-state index in [1.807, 2.05) is 26.0 Å². The van der Waals surface area contributed by atoms with Crippen LogP contribution in [0.3, 0.4) is 0 Å². The van der Waals surface area contributed by atoms with E-state index < -0.39 is 0 Å². The third kappa shape index (κ3) is 2.64. The SMILES string of the molecule is Bc1ccc(Oc2ccc(C)nc2C)cc1F.